The fourth-order valence-electron chi connectivity index (χ4n) is 0.127. The molecule has 0 spiro atoms. The van der Waals surface area contributed by atoms with E-state index in [1.807, 2.05) is 0 Å². The van der Waals surface area contributed by atoms with E-state index in [0.717, 1.165) is 0 Å². The first kappa shape index (κ1) is 6.97. The topological polar surface area (TPSA) is 20.2 Å². The lowest BCUT2D eigenvalue weighted by atomic mass is 11.5. The van der Waals surface area contributed by atoms with Gasteiger partial charge in [0.1, 0.15) is 0 Å². The lowest BCUT2D eigenvalue weighted by molar-refractivity contribution is -0.0489. The normalized spacial score (nSPS) is 13.7. The molecule has 0 unspecified atom stereocenters. The van der Waals surface area contributed by atoms with Gasteiger partial charge in [0.25, 0.3) is 0 Å². The van der Waals surface area contributed by atoms with E-state index in [9.17, 15) is 13.2 Å². The molecule has 0 saturated carbocycles. The summed E-state index contributed by atoms with van der Waals surface area (Å²) >= 11 is 0. The molecule has 0 radical (unpaired) electrons. The van der Waals surface area contributed by atoms with Crippen molar-refractivity contribution in [2.75, 3.05) is 6.23 Å². The molecule has 7 heavy (non-hydrogen) atoms. The Kier molecular flexibility index (Phi) is 2.31. The Labute approximate surface area is 41.0 Å². The van der Waals surface area contributed by atoms with Gasteiger partial charge in [0.2, 0.25) is 0 Å². The maximum absolute atomic E-state index is 11.0. The highest BCUT2D eigenvalue weighted by atomic mass is 28.2. The van der Waals surface area contributed by atoms with Crippen molar-refractivity contribution in [3.8, 4) is 0 Å². The van der Waals surface area contributed by atoms with Crippen LogP contribution in [0.1, 0.15) is 0 Å². The summed E-state index contributed by atoms with van der Waals surface area (Å²) in [6, 6.07) is 0. The Bertz CT molecular complexity index is 51.4. The van der Waals surface area contributed by atoms with Crippen LogP contribution >= 0.6 is 0 Å². The van der Waals surface area contributed by atoms with E-state index in [0.29, 0.717) is 0 Å². The average molecular weight is 130 g/mol. The molecule has 44 valence electrons. The van der Waals surface area contributed by atoms with Gasteiger partial charge in [-0.25, -0.2) is 0 Å². The first-order chi connectivity index (χ1) is 3.06. The Morgan fingerprint density at radius 2 is 1.86 bits per heavy atom. The van der Waals surface area contributed by atoms with Crippen molar-refractivity contribution in [2.45, 2.75) is 5.80 Å². The van der Waals surface area contributed by atoms with Crippen molar-refractivity contribution in [1.29, 1.82) is 0 Å². The maximum atomic E-state index is 11.0. The van der Waals surface area contributed by atoms with Crippen molar-refractivity contribution >= 4 is 9.52 Å². The highest BCUT2D eigenvalue weighted by molar-refractivity contribution is 6.37. The molecule has 0 fully saturated rings. The Morgan fingerprint density at radius 1 is 1.43 bits per heavy atom. The summed E-state index contributed by atoms with van der Waals surface area (Å²) in [6.45, 7) is 0. The quantitative estimate of drug-likeness (QED) is 0.480. The van der Waals surface area contributed by atoms with Gasteiger partial charge >= 0.3 is 5.80 Å². The van der Waals surface area contributed by atoms with E-state index in [1.165, 1.54) is 0 Å². The van der Waals surface area contributed by atoms with Crippen LogP contribution in [0.5, 0.6) is 0 Å². The van der Waals surface area contributed by atoms with Crippen LogP contribution in [0.25, 0.3) is 0 Å². The SMILES string of the molecule is OC[SiH2]C(F)(F)F. The summed E-state index contributed by atoms with van der Waals surface area (Å²) in [6.07, 6.45) is -0.677. The number of hydrogen-bond acceptors (Lipinski definition) is 1. The van der Waals surface area contributed by atoms with E-state index in [-0.39, 0.29) is 0 Å². The summed E-state index contributed by atoms with van der Waals surface area (Å²) in [5, 5.41) is 7.74. The lowest BCUT2D eigenvalue weighted by Gasteiger charge is -1.99. The third kappa shape index (κ3) is 5.97. The van der Waals surface area contributed by atoms with Gasteiger partial charge in [-0.1, -0.05) is 0 Å². The minimum Gasteiger partial charge on any atom is -0.400 e. The standard InChI is InChI=1S/C2H5F3OSi/c3-2(4,5)7-1-6/h6H,1,7H2. The molecule has 0 bridgehead atoms. The zero-order valence-corrected chi connectivity index (χ0v) is 4.91. The van der Waals surface area contributed by atoms with Gasteiger partial charge in [-0.05, 0) is 0 Å². The van der Waals surface area contributed by atoms with E-state index < -0.39 is 21.5 Å². The molecule has 0 aromatic carbocycles. The fourth-order valence-corrected chi connectivity index (χ4v) is 0.380. The number of hydrogen-bond donors (Lipinski definition) is 1. The molecule has 0 heterocycles. The summed E-state index contributed by atoms with van der Waals surface area (Å²) in [5.74, 6) is -4.06. The Hall–Kier alpha value is -0.0331. The van der Waals surface area contributed by atoms with Crippen LogP contribution in [-0.2, 0) is 0 Å². The van der Waals surface area contributed by atoms with Gasteiger partial charge in [-0.15, -0.1) is 0 Å². The van der Waals surface area contributed by atoms with E-state index in [4.69, 9.17) is 5.11 Å². The third-order valence-corrected chi connectivity index (χ3v) is 1.19. The monoisotopic (exact) mass is 130 g/mol. The minimum absolute atomic E-state index is 0.677. The second kappa shape index (κ2) is 2.32. The summed E-state index contributed by atoms with van der Waals surface area (Å²) in [7, 11) is -2.18. The Balaban J connectivity index is 3.15. The summed E-state index contributed by atoms with van der Waals surface area (Å²) < 4.78 is 32.9. The highest BCUT2D eigenvalue weighted by Gasteiger charge is 2.25. The predicted molar refractivity (Wildman–Crippen MR) is 21.7 cm³/mol. The van der Waals surface area contributed by atoms with Crippen molar-refractivity contribution in [2.24, 2.45) is 0 Å². The van der Waals surface area contributed by atoms with Crippen molar-refractivity contribution < 1.29 is 18.3 Å². The second-order valence-corrected chi connectivity index (χ2v) is 2.84. The molecule has 0 aromatic heterocycles. The number of aliphatic hydroxyl groups is 1. The van der Waals surface area contributed by atoms with Crippen LogP contribution in [-0.4, -0.2) is 26.7 Å². The van der Waals surface area contributed by atoms with E-state index in [2.05, 4.69) is 0 Å². The molecule has 0 aromatic rings. The van der Waals surface area contributed by atoms with Crippen molar-refractivity contribution in [3.63, 3.8) is 0 Å². The predicted octanol–water partition coefficient (Wildman–Crippen LogP) is -0.375. The van der Waals surface area contributed by atoms with Gasteiger partial charge in [-0.2, -0.15) is 13.2 Å². The van der Waals surface area contributed by atoms with Crippen LogP contribution in [0.4, 0.5) is 13.2 Å². The van der Waals surface area contributed by atoms with Crippen molar-refractivity contribution in [1.82, 2.24) is 0 Å². The van der Waals surface area contributed by atoms with Crippen LogP contribution in [0.15, 0.2) is 0 Å². The first-order valence-corrected chi connectivity index (χ1v) is 3.44. The van der Waals surface area contributed by atoms with Crippen LogP contribution < -0.4 is 0 Å². The number of rotatable bonds is 1. The largest absolute Gasteiger partial charge is 0.400 e. The van der Waals surface area contributed by atoms with E-state index in [1.54, 1.807) is 0 Å². The van der Waals surface area contributed by atoms with Gasteiger partial charge in [0, 0.05) is 6.23 Å². The smallest absolute Gasteiger partial charge is 0.357 e. The molecule has 1 nitrogen and oxygen atoms in total. The van der Waals surface area contributed by atoms with Gasteiger partial charge in [0.05, 0.1) is 0 Å². The zero-order valence-electron chi connectivity index (χ0n) is 3.50. The molecular weight excluding hydrogens is 125 g/mol. The Morgan fingerprint density at radius 3 is 1.86 bits per heavy atom. The molecule has 0 amide bonds. The molecule has 0 aliphatic heterocycles. The van der Waals surface area contributed by atoms with Crippen LogP contribution in [0.2, 0.25) is 0 Å². The lowest BCUT2D eigenvalue weighted by Crippen LogP contribution is -2.21. The fraction of sp³-hybridized carbons (Fsp3) is 1.00. The average Bonchev–Trinajstić information content (AvgIpc) is 1.30. The number of alkyl halides is 3. The molecule has 0 rings (SSSR count). The molecule has 5 heteroatoms. The third-order valence-electron chi connectivity index (χ3n) is 0.395. The van der Waals surface area contributed by atoms with Crippen LogP contribution in [0.3, 0.4) is 0 Å². The van der Waals surface area contributed by atoms with Gasteiger partial charge < -0.3 is 5.11 Å². The molecular formula is C2H5F3OSi. The molecule has 0 aliphatic rings. The van der Waals surface area contributed by atoms with Crippen LogP contribution in [0, 0.1) is 0 Å². The number of aliphatic hydroxyl groups excluding tert-OH is 1. The minimum atomic E-state index is -4.06. The van der Waals surface area contributed by atoms with Crippen molar-refractivity contribution in [3.05, 3.63) is 0 Å². The summed E-state index contributed by atoms with van der Waals surface area (Å²) in [4.78, 5) is 0. The summed E-state index contributed by atoms with van der Waals surface area (Å²) in [5.41, 5.74) is 0. The maximum Gasteiger partial charge on any atom is 0.357 e. The molecule has 1 N–H and O–H groups in total. The van der Waals surface area contributed by atoms with Gasteiger partial charge in [-0.3, -0.25) is 0 Å². The molecule has 0 aliphatic carbocycles. The molecule has 0 saturated heterocycles. The first-order valence-electron chi connectivity index (χ1n) is 1.74. The van der Waals surface area contributed by atoms with Gasteiger partial charge in [0.15, 0.2) is 9.52 Å². The molecule has 0 atom stereocenters. The number of halogens is 3. The second-order valence-electron chi connectivity index (χ2n) is 1.09. The van der Waals surface area contributed by atoms with E-state index >= 15 is 0 Å². The zero-order chi connectivity index (χ0) is 5.91. The highest BCUT2D eigenvalue weighted by Crippen LogP contribution is 2.10.